The van der Waals surface area contributed by atoms with Gasteiger partial charge in [-0.05, 0) is 31.0 Å². The molecule has 0 unspecified atom stereocenters. The molecule has 1 aromatic heterocycles. The van der Waals surface area contributed by atoms with Gasteiger partial charge in [-0.3, -0.25) is 10.00 Å². The van der Waals surface area contributed by atoms with E-state index in [1.807, 2.05) is 12.1 Å². The molecule has 1 aliphatic heterocycles. The smallest absolute Gasteiger partial charge is 0.111 e. The Hall–Kier alpha value is -1.32. The maximum atomic E-state index is 6.18. The van der Waals surface area contributed by atoms with Crippen molar-refractivity contribution in [1.82, 2.24) is 15.1 Å². The summed E-state index contributed by atoms with van der Waals surface area (Å²) in [6, 6.07) is 5.95. The van der Waals surface area contributed by atoms with Crippen LogP contribution in [0, 0.1) is 0 Å². The molecule has 0 atom stereocenters. The largest absolute Gasteiger partial charge is 0.299 e. The first kappa shape index (κ1) is 12.7. The molecule has 3 rings (SSSR count). The van der Waals surface area contributed by atoms with Crippen molar-refractivity contribution < 1.29 is 0 Å². The molecular formula is C15H18ClN3. The monoisotopic (exact) mass is 275 g/mol. The van der Waals surface area contributed by atoms with E-state index >= 15 is 0 Å². The first-order valence-corrected chi connectivity index (χ1v) is 7.21. The Morgan fingerprint density at radius 1 is 1.42 bits per heavy atom. The molecule has 0 fully saturated rings. The topological polar surface area (TPSA) is 31.9 Å². The van der Waals surface area contributed by atoms with Gasteiger partial charge in [-0.15, -0.1) is 0 Å². The molecule has 1 aromatic carbocycles. The molecule has 0 saturated heterocycles. The summed E-state index contributed by atoms with van der Waals surface area (Å²) in [5, 5.41) is 9.34. The van der Waals surface area contributed by atoms with Crippen LogP contribution in [0.1, 0.15) is 25.5 Å². The molecule has 1 N–H and O–H groups in total. The van der Waals surface area contributed by atoms with Crippen LogP contribution < -0.4 is 0 Å². The van der Waals surface area contributed by atoms with Crippen LogP contribution in [0.15, 0.2) is 24.3 Å². The third-order valence-electron chi connectivity index (χ3n) is 3.63. The van der Waals surface area contributed by atoms with Crippen molar-refractivity contribution in [2.75, 3.05) is 19.6 Å². The van der Waals surface area contributed by atoms with Crippen LogP contribution in [0.2, 0.25) is 5.02 Å². The standard InChI is InChI=1S/C15H18ClN3/c1-2-8-19-9-4-5-11(10-19)14-12-6-3-7-13(16)15(12)18-17-14/h3,5-7H,2,4,8-10H2,1H3,(H,17,18). The summed E-state index contributed by atoms with van der Waals surface area (Å²) >= 11 is 6.18. The van der Waals surface area contributed by atoms with Crippen molar-refractivity contribution in [3.8, 4) is 0 Å². The molecule has 1 aliphatic rings. The number of hydrogen-bond acceptors (Lipinski definition) is 2. The molecule has 3 nitrogen and oxygen atoms in total. The molecule has 2 heterocycles. The summed E-state index contributed by atoms with van der Waals surface area (Å²) < 4.78 is 0. The van der Waals surface area contributed by atoms with Gasteiger partial charge in [-0.1, -0.05) is 36.7 Å². The van der Waals surface area contributed by atoms with Gasteiger partial charge in [0.05, 0.1) is 10.7 Å². The lowest BCUT2D eigenvalue weighted by Crippen LogP contribution is -2.30. The van der Waals surface area contributed by atoms with Crippen molar-refractivity contribution in [3.63, 3.8) is 0 Å². The van der Waals surface area contributed by atoms with Crippen molar-refractivity contribution in [1.29, 1.82) is 0 Å². The highest BCUT2D eigenvalue weighted by molar-refractivity contribution is 6.35. The third kappa shape index (κ3) is 2.40. The molecule has 0 radical (unpaired) electrons. The first-order valence-electron chi connectivity index (χ1n) is 6.84. The van der Waals surface area contributed by atoms with Crippen LogP contribution in [0.25, 0.3) is 16.5 Å². The molecule has 0 amide bonds. The molecule has 2 aromatic rings. The van der Waals surface area contributed by atoms with E-state index in [4.69, 9.17) is 11.6 Å². The van der Waals surface area contributed by atoms with E-state index in [2.05, 4.69) is 34.2 Å². The predicted octanol–water partition coefficient (Wildman–Crippen LogP) is 3.72. The highest BCUT2D eigenvalue weighted by Crippen LogP contribution is 2.29. The van der Waals surface area contributed by atoms with E-state index in [0.29, 0.717) is 5.02 Å². The van der Waals surface area contributed by atoms with E-state index < -0.39 is 0 Å². The van der Waals surface area contributed by atoms with Gasteiger partial charge in [0.25, 0.3) is 0 Å². The van der Waals surface area contributed by atoms with Crippen LogP contribution >= 0.6 is 11.6 Å². The Bertz CT molecular complexity index is 615. The second kappa shape index (κ2) is 5.35. The van der Waals surface area contributed by atoms with E-state index in [0.717, 1.165) is 42.7 Å². The summed E-state index contributed by atoms with van der Waals surface area (Å²) in [6.07, 6.45) is 4.62. The average molecular weight is 276 g/mol. The van der Waals surface area contributed by atoms with Crippen LogP contribution in [0.3, 0.4) is 0 Å². The lowest BCUT2D eigenvalue weighted by Gasteiger charge is -2.26. The van der Waals surface area contributed by atoms with Gasteiger partial charge >= 0.3 is 0 Å². The molecule has 0 saturated carbocycles. The Morgan fingerprint density at radius 2 is 2.32 bits per heavy atom. The summed E-state index contributed by atoms with van der Waals surface area (Å²) in [6.45, 7) is 5.54. The third-order valence-corrected chi connectivity index (χ3v) is 3.93. The zero-order valence-corrected chi connectivity index (χ0v) is 11.9. The van der Waals surface area contributed by atoms with Gasteiger partial charge in [-0.25, -0.2) is 0 Å². The lowest BCUT2D eigenvalue weighted by atomic mass is 10.0. The predicted molar refractivity (Wildman–Crippen MR) is 80.4 cm³/mol. The number of aromatic amines is 1. The minimum atomic E-state index is 0.710. The molecule has 0 bridgehead atoms. The van der Waals surface area contributed by atoms with Gasteiger partial charge in [-0.2, -0.15) is 5.10 Å². The number of hydrogen-bond donors (Lipinski definition) is 1. The number of para-hydroxylation sites is 1. The second-order valence-corrected chi connectivity index (χ2v) is 5.44. The molecular weight excluding hydrogens is 258 g/mol. The molecule has 0 spiro atoms. The quantitative estimate of drug-likeness (QED) is 0.926. The maximum Gasteiger partial charge on any atom is 0.111 e. The second-order valence-electron chi connectivity index (χ2n) is 5.03. The van der Waals surface area contributed by atoms with E-state index in [1.54, 1.807) is 0 Å². The summed E-state index contributed by atoms with van der Waals surface area (Å²) in [7, 11) is 0. The normalized spacial score (nSPS) is 16.8. The Kier molecular flexibility index (Phi) is 3.58. The zero-order valence-electron chi connectivity index (χ0n) is 11.1. The number of aromatic nitrogens is 2. The summed E-state index contributed by atoms with van der Waals surface area (Å²) in [5.41, 5.74) is 3.33. The zero-order chi connectivity index (χ0) is 13.2. The van der Waals surface area contributed by atoms with Crippen LogP contribution in [-0.4, -0.2) is 34.7 Å². The number of nitrogens with zero attached hydrogens (tertiary/aromatic N) is 2. The number of rotatable bonds is 3. The number of halogens is 1. The number of nitrogens with one attached hydrogen (secondary N) is 1. The van der Waals surface area contributed by atoms with E-state index in [1.165, 1.54) is 12.0 Å². The minimum absolute atomic E-state index is 0.710. The lowest BCUT2D eigenvalue weighted by molar-refractivity contribution is 0.305. The minimum Gasteiger partial charge on any atom is -0.299 e. The molecule has 4 heteroatoms. The highest BCUT2D eigenvalue weighted by Gasteiger charge is 2.17. The fourth-order valence-electron chi connectivity index (χ4n) is 2.74. The highest BCUT2D eigenvalue weighted by atomic mass is 35.5. The Morgan fingerprint density at radius 3 is 3.16 bits per heavy atom. The maximum absolute atomic E-state index is 6.18. The molecule has 0 aliphatic carbocycles. The Labute approximate surface area is 118 Å². The van der Waals surface area contributed by atoms with Crippen molar-refractivity contribution >= 4 is 28.1 Å². The molecule has 100 valence electrons. The van der Waals surface area contributed by atoms with Crippen molar-refractivity contribution in [3.05, 3.63) is 35.0 Å². The average Bonchev–Trinajstić information content (AvgIpc) is 2.85. The summed E-state index contributed by atoms with van der Waals surface area (Å²) in [5.74, 6) is 0. The number of H-pyrrole nitrogens is 1. The van der Waals surface area contributed by atoms with E-state index in [9.17, 15) is 0 Å². The Balaban J connectivity index is 1.96. The van der Waals surface area contributed by atoms with Crippen molar-refractivity contribution in [2.45, 2.75) is 19.8 Å². The van der Waals surface area contributed by atoms with Crippen LogP contribution in [0.5, 0.6) is 0 Å². The molecule has 19 heavy (non-hydrogen) atoms. The van der Waals surface area contributed by atoms with Gasteiger partial charge in [0.1, 0.15) is 5.52 Å². The fraction of sp³-hybridized carbons (Fsp3) is 0.400. The van der Waals surface area contributed by atoms with E-state index in [-0.39, 0.29) is 0 Å². The number of benzene rings is 1. The first-order chi connectivity index (χ1) is 9.29. The fourth-order valence-corrected chi connectivity index (χ4v) is 2.96. The van der Waals surface area contributed by atoms with Crippen LogP contribution in [0.4, 0.5) is 0 Å². The summed E-state index contributed by atoms with van der Waals surface area (Å²) in [4.78, 5) is 2.49. The van der Waals surface area contributed by atoms with Crippen molar-refractivity contribution in [2.24, 2.45) is 0 Å². The van der Waals surface area contributed by atoms with Gasteiger partial charge in [0.15, 0.2) is 0 Å². The van der Waals surface area contributed by atoms with Crippen LogP contribution in [-0.2, 0) is 0 Å². The van der Waals surface area contributed by atoms with Gasteiger partial charge in [0, 0.05) is 18.5 Å². The number of fused-ring (bicyclic) bond motifs is 1. The van der Waals surface area contributed by atoms with Gasteiger partial charge in [0.2, 0.25) is 0 Å². The van der Waals surface area contributed by atoms with Gasteiger partial charge < -0.3 is 0 Å². The SMILES string of the molecule is CCCN1CCC=C(c2[nH]nc3c(Cl)cccc23)C1.